The Hall–Kier alpha value is -3.28. The van der Waals surface area contributed by atoms with E-state index in [1.165, 1.54) is 12.1 Å². The zero-order chi connectivity index (χ0) is 20.4. The summed E-state index contributed by atoms with van der Waals surface area (Å²) in [6.45, 7) is 2.05. The normalized spacial score (nSPS) is 12.2. The van der Waals surface area contributed by atoms with Crippen molar-refractivity contribution in [2.24, 2.45) is 0 Å². The number of phenolic OH excluding ortho intramolecular Hbond substituents is 1. The standard InChI is InChI=1S/C23H22FN3O2/c1-2-3-20-23(27-21(29)12-14-4-7-16(24)8-5-14)26-19-11-6-15-13-17(28)9-10-18(15)22(19)25-20/h4-5,7-10,13,28H,2-3,6,11-12H2,1H3,(H,26,27,29). The molecule has 1 aromatic heterocycles. The SMILES string of the molecule is CCCc1nc2c(nc1NC(=O)Cc1ccc(F)cc1)CCc1cc(O)ccc1-2. The number of halogens is 1. The zero-order valence-corrected chi connectivity index (χ0v) is 16.2. The number of aromatic nitrogens is 2. The van der Waals surface area contributed by atoms with Gasteiger partial charge in [-0.15, -0.1) is 0 Å². The Balaban J connectivity index is 1.63. The average Bonchev–Trinajstić information content (AvgIpc) is 2.70. The van der Waals surface area contributed by atoms with E-state index in [0.717, 1.165) is 46.6 Å². The third-order valence-electron chi connectivity index (χ3n) is 5.04. The van der Waals surface area contributed by atoms with Gasteiger partial charge in [-0.05, 0) is 60.7 Å². The van der Waals surface area contributed by atoms with Crippen LogP contribution in [0.1, 0.15) is 35.9 Å². The summed E-state index contributed by atoms with van der Waals surface area (Å²) in [7, 11) is 0. The van der Waals surface area contributed by atoms with Gasteiger partial charge in [0.2, 0.25) is 5.91 Å². The summed E-state index contributed by atoms with van der Waals surface area (Å²) in [5.41, 5.74) is 5.20. The van der Waals surface area contributed by atoms with Crippen molar-refractivity contribution >= 4 is 11.7 Å². The number of amides is 1. The highest BCUT2D eigenvalue weighted by atomic mass is 19.1. The molecule has 1 heterocycles. The van der Waals surface area contributed by atoms with Crippen LogP contribution in [-0.2, 0) is 30.5 Å². The number of carbonyl (C=O) groups excluding carboxylic acids is 1. The molecule has 3 aromatic rings. The van der Waals surface area contributed by atoms with Gasteiger partial charge in [0, 0.05) is 5.56 Å². The lowest BCUT2D eigenvalue weighted by atomic mass is 9.91. The Labute approximate surface area is 168 Å². The average molecular weight is 391 g/mol. The number of hydrogen-bond acceptors (Lipinski definition) is 4. The maximum atomic E-state index is 13.1. The minimum Gasteiger partial charge on any atom is -0.508 e. The van der Waals surface area contributed by atoms with Gasteiger partial charge < -0.3 is 10.4 Å². The van der Waals surface area contributed by atoms with Crippen LogP contribution in [0.4, 0.5) is 10.2 Å². The minimum absolute atomic E-state index is 0.146. The Kier molecular flexibility index (Phi) is 5.25. The van der Waals surface area contributed by atoms with Crippen molar-refractivity contribution < 1.29 is 14.3 Å². The predicted molar refractivity (Wildman–Crippen MR) is 109 cm³/mol. The Morgan fingerprint density at radius 2 is 1.93 bits per heavy atom. The third kappa shape index (κ3) is 4.11. The molecule has 0 unspecified atom stereocenters. The van der Waals surface area contributed by atoms with E-state index >= 15 is 0 Å². The van der Waals surface area contributed by atoms with Gasteiger partial charge in [0.25, 0.3) is 0 Å². The number of carbonyl (C=O) groups is 1. The van der Waals surface area contributed by atoms with Gasteiger partial charge in [0.1, 0.15) is 11.6 Å². The monoisotopic (exact) mass is 391 g/mol. The van der Waals surface area contributed by atoms with Crippen LogP contribution >= 0.6 is 0 Å². The van der Waals surface area contributed by atoms with E-state index in [0.29, 0.717) is 18.7 Å². The summed E-state index contributed by atoms with van der Waals surface area (Å²) in [5, 5.41) is 12.6. The molecule has 2 N–H and O–H groups in total. The molecule has 2 aromatic carbocycles. The number of aryl methyl sites for hydroxylation is 3. The van der Waals surface area contributed by atoms with Crippen LogP contribution in [0.15, 0.2) is 42.5 Å². The molecule has 1 amide bonds. The van der Waals surface area contributed by atoms with Crippen LogP contribution in [0.25, 0.3) is 11.3 Å². The van der Waals surface area contributed by atoms with Gasteiger partial charge in [-0.2, -0.15) is 0 Å². The van der Waals surface area contributed by atoms with Crippen molar-refractivity contribution in [3.8, 4) is 17.0 Å². The molecule has 0 radical (unpaired) electrons. The summed E-state index contributed by atoms with van der Waals surface area (Å²) in [6, 6.07) is 11.2. The Bertz CT molecular complexity index is 1060. The Morgan fingerprint density at radius 1 is 1.14 bits per heavy atom. The minimum atomic E-state index is -0.325. The molecule has 1 aliphatic rings. The van der Waals surface area contributed by atoms with Crippen molar-refractivity contribution in [1.82, 2.24) is 9.97 Å². The number of nitrogens with one attached hydrogen (secondary N) is 1. The summed E-state index contributed by atoms with van der Waals surface area (Å²) < 4.78 is 13.1. The maximum absolute atomic E-state index is 13.1. The zero-order valence-electron chi connectivity index (χ0n) is 16.2. The highest BCUT2D eigenvalue weighted by molar-refractivity contribution is 5.92. The maximum Gasteiger partial charge on any atom is 0.229 e. The smallest absolute Gasteiger partial charge is 0.229 e. The second-order valence-corrected chi connectivity index (χ2v) is 7.26. The number of rotatable bonds is 5. The number of anilines is 1. The second-order valence-electron chi connectivity index (χ2n) is 7.26. The number of phenols is 1. The molecule has 0 saturated heterocycles. The summed E-state index contributed by atoms with van der Waals surface area (Å²) in [5.74, 6) is 0.219. The highest BCUT2D eigenvalue weighted by Crippen LogP contribution is 2.34. The molecule has 0 spiro atoms. The van der Waals surface area contributed by atoms with Gasteiger partial charge >= 0.3 is 0 Å². The lowest BCUT2D eigenvalue weighted by Crippen LogP contribution is -2.19. The molecule has 0 fully saturated rings. The number of hydrogen-bond donors (Lipinski definition) is 2. The van der Waals surface area contributed by atoms with Crippen LogP contribution in [-0.4, -0.2) is 21.0 Å². The fourth-order valence-corrected chi connectivity index (χ4v) is 3.64. The quantitative estimate of drug-likeness (QED) is 0.683. The second kappa shape index (κ2) is 7.99. The lowest BCUT2D eigenvalue weighted by Gasteiger charge is -2.21. The van der Waals surface area contributed by atoms with Gasteiger partial charge in [0.05, 0.1) is 23.5 Å². The van der Waals surface area contributed by atoms with E-state index in [2.05, 4.69) is 12.2 Å². The van der Waals surface area contributed by atoms with Crippen molar-refractivity contribution in [2.75, 3.05) is 5.32 Å². The van der Waals surface area contributed by atoms with E-state index < -0.39 is 0 Å². The van der Waals surface area contributed by atoms with Crippen LogP contribution < -0.4 is 5.32 Å². The third-order valence-corrected chi connectivity index (χ3v) is 5.04. The fourth-order valence-electron chi connectivity index (χ4n) is 3.64. The van der Waals surface area contributed by atoms with Gasteiger partial charge in [-0.25, -0.2) is 14.4 Å². The largest absolute Gasteiger partial charge is 0.508 e. The number of aromatic hydroxyl groups is 1. The van der Waals surface area contributed by atoms with E-state index in [-0.39, 0.29) is 23.9 Å². The van der Waals surface area contributed by atoms with E-state index in [4.69, 9.17) is 9.97 Å². The van der Waals surface area contributed by atoms with Crippen LogP contribution in [0.5, 0.6) is 5.75 Å². The van der Waals surface area contributed by atoms with E-state index in [9.17, 15) is 14.3 Å². The first-order chi connectivity index (χ1) is 14.0. The molecule has 5 nitrogen and oxygen atoms in total. The summed E-state index contributed by atoms with van der Waals surface area (Å²) in [6.07, 6.45) is 3.18. The van der Waals surface area contributed by atoms with Gasteiger partial charge in [-0.1, -0.05) is 25.5 Å². The molecule has 4 rings (SSSR count). The van der Waals surface area contributed by atoms with Crippen molar-refractivity contribution in [3.63, 3.8) is 0 Å². The summed E-state index contributed by atoms with van der Waals surface area (Å²) >= 11 is 0. The summed E-state index contributed by atoms with van der Waals surface area (Å²) in [4.78, 5) is 22.1. The molecule has 29 heavy (non-hydrogen) atoms. The number of nitrogens with zero attached hydrogens (tertiary/aromatic N) is 2. The van der Waals surface area contributed by atoms with Crippen molar-refractivity contribution in [1.29, 1.82) is 0 Å². The molecule has 1 aliphatic carbocycles. The van der Waals surface area contributed by atoms with Crippen molar-refractivity contribution in [3.05, 3.63) is 70.8 Å². The number of benzene rings is 2. The lowest BCUT2D eigenvalue weighted by molar-refractivity contribution is -0.115. The molecule has 0 saturated carbocycles. The van der Waals surface area contributed by atoms with E-state index in [1.54, 1.807) is 24.3 Å². The first-order valence-corrected chi connectivity index (χ1v) is 9.80. The molecule has 0 bridgehead atoms. The molecule has 148 valence electrons. The predicted octanol–water partition coefficient (Wildman–Crippen LogP) is 4.22. The number of fused-ring (bicyclic) bond motifs is 3. The molecule has 0 atom stereocenters. The van der Waals surface area contributed by atoms with E-state index in [1.807, 2.05) is 6.07 Å². The van der Waals surface area contributed by atoms with Gasteiger partial charge in [-0.3, -0.25) is 4.79 Å². The molecular weight excluding hydrogens is 369 g/mol. The molecule has 6 heteroatoms. The molecular formula is C23H22FN3O2. The van der Waals surface area contributed by atoms with Gasteiger partial charge in [0.15, 0.2) is 5.82 Å². The molecule has 0 aliphatic heterocycles. The first-order valence-electron chi connectivity index (χ1n) is 9.80. The van der Waals surface area contributed by atoms with Crippen molar-refractivity contribution in [2.45, 2.75) is 39.0 Å². The van der Waals surface area contributed by atoms with Crippen LogP contribution in [0, 0.1) is 5.82 Å². The first kappa shape index (κ1) is 19.1. The van der Waals surface area contributed by atoms with Crippen LogP contribution in [0.3, 0.4) is 0 Å². The fraction of sp³-hybridized carbons (Fsp3) is 0.261. The Morgan fingerprint density at radius 3 is 2.69 bits per heavy atom. The van der Waals surface area contributed by atoms with Crippen LogP contribution in [0.2, 0.25) is 0 Å². The topological polar surface area (TPSA) is 75.1 Å². The highest BCUT2D eigenvalue weighted by Gasteiger charge is 2.22.